The fourth-order valence-electron chi connectivity index (χ4n) is 1.95. The van der Waals surface area contributed by atoms with Crippen molar-refractivity contribution in [1.29, 1.82) is 0 Å². The molecule has 0 saturated heterocycles. The van der Waals surface area contributed by atoms with Crippen molar-refractivity contribution in [2.24, 2.45) is 0 Å². The molecule has 2 aromatic carbocycles. The van der Waals surface area contributed by atoms with Crippen LogP contribution in [0.25, 0.3) is 0 Å². The fourth-order valence-corrected chi connectivity index (χ4v) is 1.95. The third-order valence-corrected chi connectivity index (χ3v) is 3.18. The largest absolute Gasteiger partial charge is 0.465 e. The summed E-state index contributed by atoms with van der Waals surface area (Å²) in [4.78, 5) is 35.6. The van der Waals surface area contributed by atoms with E-state index in [2.05, 4.69) is 15.4 Å². The Kier molecular flexibility index (Phi) is 5.09. The molecule has 2 rings (SSSR count). The van der Waals surface area contributed by atoms with Crippen molar-refractivity contribution >= 4 is 29.2 Å². The summed E-state index contributed by atoms with van der Waals surface area (Å²) in [5.74, 6) is -2.29. The van der Waals surface area contributed by atoms with E-state index in [0.29, 0.717) is 5.69 Å². The summed E-state index contributed by atoms with van der Waals surface area (Å²) in [5.41, 5.74) is 1.77. The van der Waals surface area contributed by atoms with Gasteiger partial charge in [0.1, 0.15) is 0 Å². The lowest BCUT2D eigenvalue weighted by Gasteiger charge is -2.10. The van der Waals surface area contributed by atoms with E-state index in [-0.39, 0.29) is 11.3 Å². The molecule has 0 fully saturated rings. The SMILES string of the molecule is COC(=O)c1ccccc1NC(=O)C(=O)Nc1ccccc1C. The molecule has 0 radical (unpaired) electrons. The summed E-state index contributed by atoms with van der Waals surface area (Å²) in [6.07, 6.45) is 0. The van der Waals surface area contributed by atoms with E-state index in [1.54, 1.807) is 24.3 Å². The molecule has 118 valence electrons. The Morgan fingerprint density at radius 1 is 0.826 bits per heavy atom. The smallest absolute Gasteiger partial charge is 0.339 e. The Hall–Kier alpha value is -3.15. The maximum atomic E-state index is 12.0. The molecule has 0 aromatic heterocycles. The average molecular weight is 312 g/mol. The molecule has 0 aliphatic heterocycles. The maximum Gasteiger partial charge on any atom is 0.339 e. The quantitative estimate of drug-likeness (QED) is 0.673. The third kappa shape index (κ3) is 3.94. The Labute approximate surface area is 133 Å². The van der Waals surface area contributed by atoms with Crippen molar-refractivity contribution in [3.63, 3.8) is 0 Å². The van der Waals surface area contributed by atoms with Crippen LogP contribution in [-0.4, -0.2) is 24.9 Å². The second-order valence-electron chi connectivity index (χ2n) is 4.76. The van der Waals surface area contributed by atoms with Gasteiger partial charge in [0.2, 0.25) is 0 Å². The fraction of sp³-hybridized carbons (Fsp3) is 0.118. The zero-order valence-corrected chi connectivity index (χ0v) is 12.8. The molecule has 6 nitrogen and oxygen atoms in total. The molecule has 2 N–H and O–H groups in total. The molecule has 6 heteroatoms. The van der Waals surface area contributed by atoms with Crippen LogP contribution in [0.2, 0.25) is 0 Å². The molecule has 0 unspecified atom stereocenters. The van der Waals surface area contributed by atoms with E-state index in [1.807, 2.05) is 19.1 Å². The predicted molar refractivity (Wildman–Crippen MR) is 86.2 cm³/mol. The lowest BCUT2D eigenvalue weighted by atomic mass is 10.1. The summed E-state index contributed by atoms with van der Waals surface area (Å²) in [5, 5.41) is 4.94. The first-order chi connectivity index (χ1) is 11.0. The van der Waals surface area contributed by atoms with Crippen LogP contribution in [0.4, 0.5) is 11.4 Å². The van der Waals surface area contributed by atoms with Crippen molar-refractivity contribution in [3.05, 3.63) is 59.7 Å². The minimum absolute atomic E-state index is 0.173. The number of carbonyl (C=O) groups is 3. The standard InChI is InChI=1S/C17H16N2O4/c1-11-7-3-5-9-13(11)18-15(20)16(21)19-14-10-6-4-8-12(14)17(22)23-2/h3-10H,1-2H3,(H,18,20)(H,19,21). The van der Waals surface area contributed by atoms with Crippen LogP contribution < -0.4 is 10.6 Å². The van der Waals surface area contributed by atoms with Crippen molar-refractivity contribution in [3.8, 4) is 0 Å². The number of amides is 2. The maximum absolute atomic E-state index is 12.0. The Bertz CT molecular complexity index is 756. The van der Waals surface area contributed by atoms with E-state index in [0.717, 1.165) is 5.56 Å². The number of esters is 1. The lowest BCUT2D eigenvalue weighted by Crippen LogP contribution is -2.30. The van der Waals surface area contributed by atoms with Gasteiger partial charge in [0.25, 0.3) is 0 Å². The van der Waals surface area contributed by atoms with Gasteiger partial charge in [-0.15, -0.1) is 0 Å². The van der Waals surface area contributed by atoms with Crippen LogP contribution in [0.1, 0.15) is 15.9 Å². The zero-order chi connectivity index (χ0) is 16.8. The van der Waals surface area contributed by atoms with Crippen LogP contribution in [0.5, 0.6) is 0 Å². The van der Waals surface area contributed by atoms with Crippen molar-refractivity contribution < 1.29 is 19.1 Å². The number of benzene rings is 2. The van der Waals surface area contributed by atoms with Crippen LogP contribution in [0, 0.1) is 6.92 Å². The average Bonchev–Trinajstić information content (AvgIpc) is 2.56. The second kappa shape index (κ2) is 7.22. The summed E-state index contributed by atoms with van der Waals surface area (Å²) in [7, 11) is 1.24. The highest BCUT2D eigenvalue weighted by molar-refractivity contribution is 6.44. The Morgan fingerprint density at radius 3 is 1.96 bits per heavy atom. The highest BCUT2D eigenvalue weighted by atomic mass is 16.5. The van der Waals surface area contributed by atoms with Gasteiger partial charge in [0.05, 0.1) is 18.4 Å². The number of para-hydroxylation sites is 2. The minimum atomic E-state index is -0.871. The van der Waals surface area contributed by atoms with Crippen molar-refractivity contribution in [2.75, 3.05) is 17.7 Å². The van der Waals surface area contributed by atoms with E-state index < -0.39 is 17.8 Å². The zero-order valence-electron chi connectivity index (χ0n) is 12.8. The summed E-state index contributed by atoms with van der Waals surface area (Å²) >= 11 is 0. The van der Waals surface area contributed by atoms with Gasteiger partial charge in [-0.05, 0) is 30.7 Å². The number of ether oxygens (including phenoxy) is 1. The van der Waals surface area contributed by atoms with Crippen molar-refractivity contribution in [2.45, 2.75) is 6.92 Å². The number of hydrogen-bond acceptors (Lipinski definition) is 4. The number of hydrogen-bond donors (Lipinski definition) is 2. The van der Waals surface area contributed by atoms with Gasteiger partial charge in [-0.2, -0.15) is 0 Å². The second-order valence-corrected chi connectivity index (χ2v) is 4.76. The Balaban J connectivity index is 2.12. The predicted octanol–water partition coefficient (Wildman–Crippen LogP) is 2.36. The first kappa shape index (κ1) is 16.2. The molecule has 23 heavy (non-hydrogen) atoms. The third-order valence-electron chi connectivity index (χ3n) is 3.18. The first-order valence-electron chi connectivity index (χ1n) is 6.88. The van der Waals surface area contributed by atoms with Gasteiger partial charge < -0.3 is 15.4 Å². The number of anilines is 2. The number of aryl methyl sites for hydroxylation is 1. The molecule has 0 atom stereocenters. The van der Waals surface area contributed by atoms with Gasteiger partial charge in [0.15, 0.2) is 0 Å². The van der Waals surface area contributed by atoms with Gasteiger partial charge in [-0.25, -0.2) is 4.79 Å². The van der Waals surface area contributed by atoms with Crippen LogP contribution in [0.3, 0.4) is 0 Å². The number of nitrogens with one attached hydrogen (secondary N) is 2. The lowest BCUT2D eigenvalue weighted by molar-refractivity contribution is -0.133. The highest BCUT2D eigenvalue weighted by Gasteiger charge is 2.18. The van der Waals surface area contributed by atoms with Gasteiger partial charge >= 0.3 is 17.8 Å². The molecule has 0 bridgehead atoms. The van der Waals surface area contributed by atoms with E-state index in [4.69, 9.17) is 0 Å². The van der Waals surface area contributed by atoms with Crippen molar-refractivity contribution in [1.82, 2.24) is 0 Å². The van der Waals surface area contributed by atoms with Gasteiger partial charge in [-0.1, -0.05) is 30.3 Å². The molecule has 0 spiro atoms. The van der Waals surface area contributed by atoms with Crippen LogP contribution in [-0.2, 0) is 14.3 Å². The highest BCUT2D eigenvalue weighted by Crippen LogP contribution is 2.17. The summed E-state index contributed by atoms with van der Waals surface area (Å²) in [6.45, 7) is 1.82. The summed E-state index contributed by atoms with van der Waals surface area (Å²) < 4.78 is 4.64. The molecule has 0 heterocycles. The molecule has 0 saturated carbocycles. The summed E-state index contributed by atoms with van der Waals surface area (Å²) in [6, 6.07) is 13.4. The molecule has 2 amide bonds. The molecular weight excluding hydrogens is 296 g/mol. The normalized spacial score (nSPS) is 9.83. The van der Waals surface area contributed by atoms with E-state index in [9.17, 15) is 14.4 Å². The molecule has 2 aromatic rings. The van der Waals surface area contributed by atoms with Crippen LogP contribution in [0.15, 0.2) is 48.5 Å². The molecule has 0 aliphatic carbocycles. The number of carbonyl (C=O) groups excluding carboxylic acids is 3. The van der Waals surface area contributed by atoms with Gasteiger partial charge in [0, 0.05) is 5.69 Å². The monoisotopic (exact) mass is 312 g/mol. The number of rotatable bonds is 3. The number of methoxy groups -OCH3 is 1. The topological polar surface area (TPSA) is 84.5 Å². The van der Waals surface area contributed by atoms with Gasteiger partial charge in [-0.3, -0.25) is 9.59 Å². The molecule has 0 aliphatic rings. The first-order valence-corrected chi connectivity index (χ1v) is 6.88. The minimum Gasteiger partial charge on any atom is -0.465 e. The van der Waals surface area contributed by atoms with E-state index >= 15 is 0 Å². The Morgan fingerprint density at radius 2 is 1.35 bits per heavy atom. The molecular formula is C17H16N2O4. The van der Waals surface area contributed by atoms with E-state index in [1.165, 1.54) is 19.2 Å². The van der Waals surface area contributed by atoms with Crippen LogP contribution >= 0.6 is 0 Å².